The van der Waals surface area contributed by atoms with E-state index in [9.17, 15) is 9.59 Å². The lowest BCUT2D eigenvalue weighted by atomic mass is 10.0. The first-order chi connectivity index (χ1) is 11.0. The SMILES string of the molecule is CCC[C@H](C)c1cc(NC(=O)[C@@H](C)NC(=O)c2ccco2)n[nH]1. The molecule has 0 aromatic carbocycles. The van der Waals surface area contributed by atoms with Crippen LogP contribution in [0.15, 0.2) is 28.9 Å². The van der Waals surface area contributed by atoms with Gasteiger partial charge in [0.05, 0.1) is 6.26 Å². The van der Waals surface area contributed by atoms with E-state index in [0.717, 1.165) is 18.5 Å². The van der Waals surface area contributed by atoms with Crippen LogP contribution in [0.1, 0.15) is 55.8 Å². The summed E-state index contributed by atoms with van der Waals surface area (Å²) in [6.45, 7) is 5.83. The second kappa shape index (κ2) is 7.62. The summed E-state index contributed by atoms with van der Waals surface area (Å²) in [7, 11) is 0. The molecule has 2 aromatic rings. The predicted molar refractivity (Wildman–Crippen MR) is 86.2 cm³/mol. The summed E-state index contributed by atoms with van der Waals surface area (Å²) in [6, 6.07) is 4.26. The van der Waals surface area contributed by atoms with E-state index >= 15 is 0 Å². The van der Waals surface area contributed by atoms with Gasteiger partial charge in [-0.3, -0.25) is 14.7 Å². The summed E-state index contributed by atoms with van der Waals surface area (Å²) in [5.41, 5.74) is 0.981. The summed E-state index contributed by atoms with van der Waals surface area (Å²) >= 11 is 0. The van der Waals surface area contributed by atoms with E-state index < -0.39 is 11.9 Å². The number of H-pyrrole nitrogens is 1. The summed E-state index contributed by atoms with van der Waals surface area (Å²) in [5, 5.41) is 12.3. The minimum absolute atomic E-state index is 0.167. The van der Waals surface area contributed by atoms with Gasteiger partial charge in [0.1, 0.15) is 6.04 Å². The molecule has 0 unspecified atom stereocenters. The lowest BCUT2D eigenvalue weighted by molar-refractivity contribution is -0.117. The first kappa shape index (κ1) is 16.8. The van der Waals surface area contributed by atoms with Crippen molar-refractivity contribution in [3.05, 3.63) is 35.9 Å². The van der Waals surface area contributed by atoms with Crippen LogP contribution in [0.25, 0.3) is 0 Å². The van der Waals surface area contributed by atoms with Crippen LogP contribution in [0, 0.1) is 0 Å². The zero-order valence-corrected chi connectivity index (χ0v) is 13.6. The number of nitrogens with zero attached hydrogens (tertiary/aromatic N) is 1. The Hall–Kier alpha value is -2.57. The lowest BCUT2D eigenvalue weighted by Crippen LogP contribution is -2.41. The Kier molecular flexibility index (Phi) is 5.56. The molecule has 23 heavy (non-hydrogen) atoms. The standard InChI is InChI=1S/C16H22N4O3/c1-4-6-10(2)12-9-14(20-19-12)18-15(21)11(3)17-16(22)13-7-5-8-23-13/h5,7-11H,4,6H2,1-3H3,(H,17,22)(H2,18,19,20,21)/t10-,11+/m0/s1. The van der Waals surface area contributed by atoms with Crippen molar-refractivity contribution in [2.75, 3.05) is 5.32 Å². The van der Waals surface area contributed by atoms with Crippen LogP contribution in [-0.4, -0.2) is 28.1 Å². The maximum atomic E-state index is 12.1. The average Bonchev–Trinajstić information content (AvgIpc) is 3.18. The van der Waals surface area contributed by atoms with Crippen molar-refractivity contribution in [3.63, 3.8) is 0 Å². The number of hydrogen-bond acceptors (Lipinski definition) is 4. The molecule has 3 N–H and O–H groups in total. The van der Waals surface area contributed by atoms with Crippen molar-refractivity contribution >= 4 is 17.6 Å². The highest BCUT2D eigenvalue weighted by Gasteiger charge is 2.19. The van der Waals surface area contributed by atoms with Crippen molar-refractivity contribution in [2.45, 2.75) is 45.6 Å². The van der Waals surface area contributed by atoms with Gasteiger partial charge in [0, 0.05) is 11.8 Å². The maximum Gasteiger partial charge on any atom is 0.287 e. The molecular formula is C16H22N4O3. The van der Waals surface area contributed by atoms with Crippen LogP contribution in [-0.2, 0) is 4.79 Å². The van der Waals surface area contributed by atoms with Gasteiger partial charge in [-0.15, -0.1) is 0 Å². The number of carbonyl (C=O) groups excluding carboxylic acids is 2. The number of aromatic nitrogens is 2. The van der Waals surface area contributed by atoms with Gasteiger partial charge in [-0.2, -0.15) is 5.10 Å². The first-order valence-corrected chi connectivity index (χ1v) is 7.71. The quantitative estimate of drug-likeness (QED) is 0.730. The largest absolute Gasteiger partial charge is 0.459 e. The molecule has 0 aliphatic rings. The van der Waals surface area contributed by atoms with Crippen LogP contribution in [0.4, 0.5) is 5.82 Å². The van der Waals surface area contributed by atoms with Crippen molar-refractivity contribution in [2.24, 2.45) is 0 Å². The fourth-order valence-corrected chi connectivity index (χ4v) is 2.22. The molecule has 0 bridgehead atoms. The third-order valence-corrected chi connectivity index (χ3v) is 3.59. The summed E-state index contributed by atoms with van der Waals surface area (Å²) in [6.07, 6.45) is 3.53. The van der Waals surface area contributed by atoms with Crippen molar-refractivity contribution < 1.29 is 14.0 Å². The van der Waals surface area contributed by atoms with Crippen LogP contribution in [0.5, 0.6) is 0 Å². The summed E-state index contributed by atoms with van der Waals surface area (Å²) in [4.78, 5) is 23.9. The molecule has 2 rings (SSSR count). The van der Waals surface area contributed by atoms with Gasteiger partial charge in [0.25, 0.3) is 5.91 Å². The number of anilines is 1. The van der Waals surface area contributed by atoms with E-state index in [1.165, 1.54) is 12.3 Å². The van der Waals surface area contributed by atoms with Gasteiger partial charge in [-0.05, 0) is 31.4 Å². The van der Waals surface area contributed by atoms with Crippen molar-refractivity contribution in [3.8, 4) is 0 Å². The zero-order valence-electron chi connectivity index (χ0n) is 13.6. The molecule has 2 heterocycles. The molecule has 124 valence electrons. The minimum atomic E-state index is -0.708. The van der Waals surface area contributed by atoms with Crippen LogP contribution >= 0.6 is 0 Å². The number of furan rings is 1. The van der Waals surface area contributed by atoms with Crippen LogP contribution in [0.3, 0.4) is 0 Å². The smallest absolute Gasteiger partial charge is 0.287 e. The fraction of sp³-hybridized carbons (Fsp3) is 0.438. The fourth-order valence-electron chi connectivity index (χ4n) is 2.22. The molecule has 7 nitrogen and oxygen atoms in total. The number of nitrogens with one attached hydrogen (secondary N) is 3. The van der Waals surface area contributed by atoms with E-state index in [2.05, 4.69) is 34.7 Å². The first-order valence-electron chi connectivity index (χ1n) is 7.71. The summed E-state index contributed by atoms with van der Waals surface area (Å²) < 4.78 is 4.99. The number of hydrogen-bond donors (Lipinski definition) is 3. The number of carbonyl (C=O) groups is 2. The van der Waals surface area contributed by atoms with E-state index in [4.69, 9.17) is 4.42 Å². The van der Waals surface area contributed by atoms with Crippen molar-refractivity contribution in [1.82, 2.24) is 15.5 Å². The third-order valence-electron chi connectivity index (χ3n) is 3.59. The lowest BCUT2D eigenvalue weighted by Gasteiger charge is -2.11. The van der Waals surface area contributed by atoms with Gasteiger partial charge in [0.15, 0.2) is 11.6 Å². The molecule has 2 amide bonds. The van der Waals surface area contributed by atoms with Gasteiger partial charge in [0.2, 0.25) is 5.91 Å². The Morgan fingerprint density at radius 3 is 2.83 bits per heavy atom. The maximum absolute atomic E-state index is 12.1. The highest BCUT2D eigenvalue weighted by atomic mass is 16.3. The van der Waals surface area contributed by atoms with Gasteiger partial charge < -0.3 is 15.1 Å². The summed E-state index contributed by atoms with van der Waals surface area (Å²) in [5.74, 6) is 0.199. The Bertz CT molecular complexity index is 648. The molecule has 2 aromatic heterocycles. The second-order valence-corrected chi connectivity index (χ2v) is 5.56. The van der Waals surface area contributed by atoms with Gasteiger partial charge in [-0.25, -0.2) is 0 Å². The zero-order chi connectivity index (χ0) is 16.8. The molecule has 0 radical (unpaired) electrons. The Morgan fingerprint density at radius 2 is 2.17 bits per heavy atom. The van der Waals surface area contributed by atoms with E-state index in [1.807, 2.05) is 6.07 Å². The molecule has 0 spiro atoms. The highest BCUT2D eigenvalue weighted by molar-refractivity contribution is 5.99. The Morgan fingerprint density at radius 1 is 1.39 bits per heavy atom. The molecule has 0 saturated carbocycles. The molecule has 0 aliphatic heterocycles. The molecule has 0 aliphatic carbocycles. The Balaban J connectivity index is 1.89. The van der Waals surface area contributed by atoms with Gasteiger partial charge >= 0.3 is 0 Å². The third kappa shape index (κ3) is 4.45. The van der Waals surface area contributed by atoms with E-state index in [1.54, 1.807) is 13.0 Å². The van der Waals surface area contributed by atoms with E-state index in [0.29, 0.717) is 11.7 Å². The molecule has 2 atom stereocenters. The average molecular weight is 318 g/mol. The number of amides is 2. The molecule has 0 saturated heterocycles. The predicted octanol–water partition coefficient (Wildman–Crippen LogP) is 2.66. The minimum Gasteiger partial charge on any atom is -0.459 e. The molecular weight excluding hydrogens is 296 g/mol. The number of aromatic amines is 1. The highest BCUT2D eigenvalue weighted by Crippen LogP contribution is 2.20. The number of rotatable bonds is 7. The molecule has 0 fully saturated rings. The Labute approximate surface area is 134 Å². The normalized spacial score (nSPS) is 13.3. The van der Waals surface area contributed by atoms with Gasteiger partial charge in [-0.1, -0.05) is 20.3 Å². The van der Waals surface area contributed by atoms with Crippen molar-refractivity contribution in [1.29, 1.82) is 0 Å². The monoisotopic (exact) mass is 318 g/mol. The molecule has 7 heteroatoms. The van der Waals surface area contributed by atoms with E-state index in [-0.39, 0.29) is 11.7 Å². The van der Waals surface area contributed by atoms with Crippen LogP contribution < -0.4 is 10.6 Å². The van der Waals surface area contributed by atoms with Crippen LogP contribution in [0.2, 0.25) is 0 Å². The topological polar surface area (TPSA) is 100 Å². The second-order valence-electron chi connectivity index (χ2n) is 5.56.